The topological polar surface area (TPSA) is 73.8 Å². The van der Waals surface area contributed by atoms with Crippen molar-refractivity contribution in [3.8, 4) is 0 Å². The number of nitrogens with one attached hydrogen (secondary N) is 2. The number of allylic oxidation sites excluding steroid dienone is 2. The zero-order chi connectivity index (χ0) is 22.0. The summed E-state index contributed by atoms with van der Waals surface area (Å²) in [7, 11) is 0. The predicted octanol–water partition coefficient (Wildman–Crippen LogP) is 2.77. The number of carbonyl (C=O) groups excluding carboxylic acids is 2. The molecule has 1 saturated carbocycles. The summed E-state index contributed by atoms with van der Waals surface area (Å²) in [5, 5.41) is 6.75. The summed E-state index contributed by atoms with van der Waals surface area (Å²) in [5.41, 5.74) is 0.479. The summed E-state index contributed by atoms with van der Waals surface area (Å²) in [6.45, 7) is 4.02. The highest BCUT2D eigenvalue weighted by molar-refractivity contribution is 6.31. The van der Waals surface area contributed by atoms with Gasteiger partial charge in [-0.25, -0.2) is 4.39 Å². The van der Waals surface area contributed by atoms with Crippen molar-refractivity contribution in [3.63, 3.8) is 0 Å². The van der Waals surface area contributed by atoms with Crippen LogP contribution in [0.4, 0.5) is 4.39 Å². The predicted molar refractivity (Wildman–Crippen MR) is 118 cm³/mol. The van der Waals surface area contributed by atoms with Crippen LogP contribution in [0.25, 0.3) is 0 Å². The third-order valence-electron chi connectivity index (χ3n) is 6.44. The zero-order valence-corrected chi connectivity index (χ0v) is 18.4. The molecular formula is C23H28ClFN4O2. The van der Waals surface area contributed by atoms with E-state index in [0.29, 0.717) is 55.6 Å². The van der Waals surface area contributed by atoms with Gasteiger partial charge < -0.3 is 10.6 Å². The molecule has 0 aromatic heterocycles. The third-order valence-corrected chi connectivity index (χ3v) is 6.80. The van der Waals surface area contributed by atoms with Gasteiger partial charge in [0.1, 0.15) is 5.82 Å². The van der Waals surface area contributed by atoms with Gasteiger partial charge in [-0.05, 0) is 50.2 Å². The molecule has 166 valence electrons. The Hall–Kier alpha value is -2.41. The molecule has 3 aliphatic rings. The van der Waals surface area contributed by atoms with Gasteiger partial charge in [-0.1, -0.05) is 29.8 Å². The van der Waals surface area contributed by atoms with Crippen molar-refractivity contribution in [2.45, 2.75) is 26.2 Å². The fraction of sp³-hybridized carbons (Fsp3) is 0.522. The number of benzene rings is 1. The van der Waals surface area contributed by atoms with Gasteiger partial charge in [-0.15, -0.1) is 0 Å². The second kappa shape index (κ2) is 9.39. The molecule has 0 radical (unpaired) electrons. The Morgan fingerprint density at radius 2 is 1.90 bits per heavy atom. The smallest absolute Gasteiger partial charge is 0.233 e. The summed E-state index contributed by atoms with van der Waals surface area (Å²) in [5.74, 6) is 0.470. The van der Waals surface area contributed by atoms with Crippen LogP contribution in [-0.4, -0.2) is 48.9 Å². The Morgan fingerprint density at radius 3 is 2.55 bits per heavy atom. The summed E-state index contributed by atoms with van der Waals surface area (Å²) in [6.07, 6.45) is 6.20. The summed E-state index contributed by atoms with van der Waals surface area (Å²) in [4.78, 5) is 31.4. The molecule has 4 atom stereocenters. The van der Waals surface area contributed by atoms with Crippen molar-refractivity contribution in [2.24, 2.45) is 28.7 Å². The van der Waals surface area contributed by atoms with E-state index >= 15 is 0 Å². The van der Waals surface area contributed by atoms with E-state index < -0.39 is 0 Å². The molecule has 2 N–H and O–H groups in total. The Bertz CT molecular complexity index is 869. The van der Waals surface area contributed by atoms with Crippen LogP contribution < -0.4 is 10.6 Å². The van der Waals surface area contributed by atoms with E-state index in [0.717, 1.165) is 6.42 Å². The van der Waals surface area contributed by atoms with Crippen LogP contribution in [0.1, 0.15) is 25.3 Å². The van der Waals surface area contributed by atoms with E-state index in [4.69, 9.17) is 11.6 Å². The minimum Gasteiger partial charge on any atom is -0.357 e. The summed E-state index contributed by atoms with van der Waals surface area (Å²) >= 11 is 6.07. The maximum Gasteiger partial charge on any atom is 0.233 e. The monoisotopic (exact) mass is 446 g/mol. The van der Waals surface area contributed by atoms with Crippen LogP contribution in [-0.2, 0) is 16.0 Å². The number of guanidine groups is 1. The molecule has 2 bridgehead atoms. The highest BCUT2D eigenvalue weighted by atomic mass is 35.5. The first-order chi connectivity index (χ1) is 15.0. The lowest BCUT2D eigenvalue weighted by molar-refractivity contribution is -0.140. The standard InChI is InChI=1S/C23H28ClFN4O2/c1-2-26-23(28-11-9-16-17(24)5-3-6-18(16)25)27-10-4-12-29-21(30)19-14-7-8-15(13-14)20(19)22(29)31/h3,5-8,14-15,19-20H,2,4,9-13H2,1H3,(H2,26,27,28). The number of fused-ring (bicyclic) bond motifs is 5. The number of amides is 2. The number of rotatable bonds is 8. The van der Waals surface area contributed by atoms with E-state index in [2.05, 4.69) is 27.8 Å². The van der Waals surface area contributed by atoms with Crippen LogP contribution in [0.5, 0.6) is 0 Å². The van der Waals surface area contributed by atoms with E-state index in [9.17, 15) is 14.0 Å². The molecule has 1 aromatic carbocycles. The molecule has 8 heteroatoms. The lowest BCUT2D eigenvalue weighted by Crippen LogP contribution is -2.38. The Kier molecular flexibility index (Phi) is 6.60. The molecule has 2 fully saturated rings. The van der Waals surface area contributed by atoms with Gasteiger partial charge in [-0.3, -0.25) is 19.5 Å². The number of imide groups is 1. The van der Waals surface area contributed by atoms with Crippen molar-refractivity contribution in [2.75, 3.05) is 26.2 Å². The lowest BCUT2D eigenvalue weighted by Gasteiger charge is -2.17. The van der Waals surface area contributed by atoms with Crippen LogP contribution in [0.3, 0.4) is 0 Å². The highest BCUT2D eigenvalue weighted by Crippen LogP contribution is 2.52. The first kappa shape index (κ1) is 21.8. The number of aliphatic imine (C=N–C) groups is 1. The molecule has 4 unspecified atom stereocenters. The SMILES string of the molecule is CCNC(=NCCCN1C(=O)C2C3C=CC(C3)C2C1=O)NCCc1c(F)cccc1Cl. The van der Waals surface area contributed by atoms with Gasteiger partial charge in [0.05, 0.1) is 11.8 Å². The molecule has 1 aromatic rings. The summed E-state index contributed by atoms with van der Waals surface area (Å²) in [6, 6.07) is 4.66. The molecule has 31 heavy (non-hydrogen) atoms. The fourth-order valence-corrected chi connectivity index (χ4v) is 5.28. The Labute approximate surface area is 186 Å². The maximum atomic E-state index is 13.9. The van der Waals surface area contributed by atoms with Crippen LogP contribution in [0.2, 0.25) is 5.02 Å². The zero-order valence-electron chi connectivity index (χ0n) is 17.6. The Morgan fingerprint density at radius 1 is 1.19 bits per heavy atom. The van der Waals surface area contributed by atoms with Gasteiger partial charge in [0.2, 0.25) is 11.8 Å². The van der Waals surface area contributed by atoms with Gasteiger partial charge in [0.25, 0.3) is 0 Å². The van der Waals surface area contributed by atoms with Crippen LogP contribution >= 0.6 is 11.6 Å². The van der Waals surface area contributed by atoms with E-state index in [1.165, 1.54) is 11.0 Å². The largest absolute Gasteiger partial charge is 0.357 e. The molecule has 1 heterocycles. The molecule has 0 spiro atoms. The molecule has 1 aliphatic heterocycles. The first-order valence-electron chi connectivity index (χ1n) is 11.0. The second-order valence-corrected chi connectivity index (χ2v) is 8.73. The van der Waals surface area contributed by atoms with Gasteiger partial charge in [0.15, 0.2) is 5.96 Å². The van der Waals surface area contributed by atoms with Crippen molar-refractivity contribution in [3.05, 3.63) is 46.8 Å². The lowest BCUT2D eigenvalue weighted by atomic mass is 9.85. The van der Waals surface area contributed by atoms with Gasteiger partial charge >= 0.3 is 0 Å². The minimum atomic E-state index is -0.315. The van der Waals surface area contributed by atoms with Crippen LogP contribution in [0, 0.1) is 29.5 Å². The molecular weight excluding hydrogens is 419 g/mol. The average Bonchev–Trinajstić information content (AvgIpc) is 3.42. The summed E-state index contributed by atoms with van der Waals surface area (Å²) < 4.78 is 13.9. The second-order valence-electron chi connectivity index (χ2n) is 8.32. The Balaban J connectivity index is 1.26. The van der Waals surface area contributed by atoms with Gasteiger partial charge in [-0.2, -0.15) is 0 Å². The number of nitrogens with zero attached hydrogens (tertiary/aromatic N) is 2. The van der Waals surface area contributed by atoms with Crippen molar-refractivity contribution >= 4 is 29.4 Å². The molecule has 6 nitrogen and oxygen atoms in total. The molecule has 2 aliphatic carbocycles. The maximum absolute atomic E-state index is 13.9. The van der Waals surface area contributed by atoms with Crippen molar-refractivity contribution in [1.29, 1.82) is 0 Å². The molecule has 4 rings (SSSR count). The van der Waals surface area contributed by atoms with Crippen molar-refractivity contribution < 1.29 is 14.0 Å². The van der Waals surface area contributed by atoms with Gasteiger partial charge in [0, 0.05) is 36.8 Å². The number of hydrogen-bond acceptors (Lipinski definition) is 3. The molecule has 2 amide bonds. The van der Waals surface area contributed by atoms with E-state index in [-0.39, 0.29) is 41.3 Å². The molecule has 1 saturated heterocycles. The number of likely N-dealkylation sites (tertiary alicyclic amines) is 1. The minimum absolute atomic E-state index is 0.0115. The highest BCUT2D eigenvalue weighted by Gasteiger charge is 2.58. The quantitative estimate of drug-likeness (QED) is 0.212. The average molecular weight is 447 g/mol. The van der Waals surface area contributed by atoms with Crippen molar-refractivity contribution in [1.82, 2.24) is 15.5 Å². The number of hydrogen-bond donors (Lipinski definition) is 2. The number of carbonyl (C=O) groups is 2. The third kappa shape index (κ3) is 4.33. The number of halogens is 2. The van der Waals surface area contributed by atoms with E-state index in [1.807, 2.05) is 6.92 Å². The fourth-order valence-electron chi connectivity index (χ4n) is 5.02. The normalized spacial score (nSPS) is 26.7. The van der Waals surface area contributed by atoms with Crippen LogP contribution in [0.15, 0.2) is 35.3 Å². The first-order valence-corrected chi connectivity index (χ1v) is 11.4. The van der Waals surface area contributed by atoms with E-state index in [1.54, 1.807) is 12.1 Å².